The minimum atomic E-state index is -0.636. The zero-order chi connectivity index (χ0) is 22.2. The molecule has 1 aromatic heterocycles. The van der Waals surface area contributed by atoms with Crippen molar-refractivity contribution in [2.24, 2.45) is 5.41 Å². The van der Waals surface area contributed by atoms with E-state index in [0.29, 0.717) is 10.9 Å². The summed E-state index contributed by atoms with van der Waals surface area (Å²) in [6.07, 6.45) is 2.21. The number of benzene rings is 2. The van der Waals surface area contributed by atoms with E-state index in [1.807, 2.05) is 7.05 Å². The van der Waals surface area contributed by atoms with E-state index in [1.54, 1.807) is 12.1 Å². The van der Waals surface area contributed by atoms with Crippen LogP contribution in [0.5, 0.6) is 0 Å². The number of nitro benzene ring substituents is 1. The normalized spacial score (nSPS) is 18.6. The first-order valence-corrected chi connectivity index (χ1v) is 9.99. The second kappa shape index (κ2) is 8.10. The molecular formula is C22H19ClFN5O2. The van der Waals surface area contributed by atoms with Crippen LogP contribution >= 0.6 is 11.6 Å². The molecule has 4 rings (SSSR count). The van der Waals surface area contributed by atoms with E-state index in [-0.39, 0.29) is 33.2 Å². The van der Waals surface area contributed by atoms with Gasteiger partial charge in [0.25, 0.3) is 5.69 Å². The van der Waals surface area contributed by atoms with E-state index in [1.165, 1.54) is 24.5 Å². The number of hydrogen-bond acceptors (Lipinski definition) is 6. The Kier molecular flexibility index (Phi) is 5.48. The predicted molar refractivity (Wildman–Crippen MR) is 118 cm³/mol. The Morgan fingerprint density at radius 1 is 1.35 bits per heavy atom. The molecule has 9 heteroatoms. The Labute approximate surface area is 183 Å². The summed E-state index contributed by atoms with van der Waals surface area (Å²) in [4.78, 5) is 21.8. The number of fused-ring (bicyclic) bond motifs is 1. The standard InChI is InChI=1S/C22H19ClFN5O2/c1-22(8-9-28(2)12-22)7-6-14-10-18-15(11-19(14)29(30)31)21(26-13-25-18)27-17-5-3-4-16(23)20(17)24/h3-5,10-11,13H,8-9,12H2,1-2H3,(H,25,26,27). The van der Waals surface area contributed by atoms with Crippen molar-refractivity contribution in [3.63, 3.8) is 0 Å². The van der Waals surface area contributed by atoms with E-state index < -0.39 is 10.7 Å². The van der Waals surface area contributed by atoms with Gasteiger partial charge in [0.2, 0.25) is 0 Å². The smallest absolute Gasteiger partial charge is 0.285 e. The van der Waals surface area contributed by atoms with Crippen LogP contribution in [-0.2, 0) is 0 Å². The van der Waals surface area contributed by atoms with Crippen molar-refractivity contribution in [3.8, 4) is 11.8 Å². The van der Waals surface area contributed by atoms with Crippen LogP contribution in [-0.4, -0.2) is 39.9 Å². The van der Waals surface area contributed by atoms with Gasteiger partial charge in [0.15, 0.2) is 5.82 Å². The summed E-state index contributed by atoms with van der Waals surface area (Å²) in [5, 5.41) is 14.9. The molecular weight excluding hydrogens is 421 g/mol. The van der Waals surface area contributed by atoms with Gasteiger partial charge in [0, 0.05) is 23.4 Å². The molecule has 1 unspecified atom stereocenters. The van der Waals surface area contributed by atoms with Crippen molar-refractivity contribution >= 4 is 39.7 Å². The van der Waals surface area contributed by atoms with Gasteiger partial charge in [0.1, 0.15) is 17.7 Å². The molecule has 1 N–H and O–H groups in total. The topological polar surface area (TPSA) is 84.2 Å². The first kappa shape index (κ1) is 21.0. The number of halogens is 2. The van der Waals surface area contributed by atoms with Crippen molar-refractivity contribution < 1.29 is 9.31 Å². The molecule has 3 aromatic rings. The van der Waals surface area contributed by atoms with Crippen LogP contribution in [0.15, 0.2) is 36.7 Å². The SMILES string of the molecule is CN1CCC(C)(C#Cc2cc3ncnc(Nc4cccc(Cl)c4F)c3cc2[N+](=O)[O-])C1. The highest BCUT2D eigenvalue weighted by atomic mass is 35.5. The highest BCUT2D eigenvalue weighted by Gasteiger charge is 2.30. The first-order valence-electron chi connectivity index (χ1n) is 9.62. The van der Waals surface area contributed by atoms with Crippen molar-refractivity contribution in [2.75, 3.05) is 25.5 Å². The first-order chi connectivity index (χ1) is 14.8. The molecule has 0 bridgehead atoms. The fraction of sp³-hybridized carbons (Fsp3) is 0.273. The third-order valence-corrected chi connectivity index (χ3v) is 5.61. The molecule has 0 saturated carbocycles. The summed E-state index contributed by atoms with van der Waals surface area (Å²) in [5.41, 5.74) is 0.479. The van der Waals surface area contributed by atoms with E-state index in [2.05, 4.69) is 38.9 Å². The summed E-state index contributed by atoms with van der Waals surface area (Å²) >= 11 is 5.84. The van der Waals surface area contributed by atoms with Crippen molar-refractivity contribution in [1.29, 1.82) is 0 Å². The number of nitrogens with one attached hydrogen (secondary N) is 1. The Bertz CT molecular complexity index is 1260. The van der Waals surface area contributed by atoms with Gasteiger partial charge in [-0.3, -0.25) is 10.1 Å². The number of anilines is 2. The highest BCUT2D eigenvalue weighted by Crippen LogP contribution is 2.32. The Hall–Kier alpha value is -3.28. The average molecular weight is 440 g/mol. The molecule has 1 aliphatic rings. The monoisotopic (exact) mass is 439 g/mol. The van der Waals surface area contributed by atoms with Gasteiger partial charge in [0.05, 0.1) is 21.2 Å². The van der Waals surface area contributed by atoms with Gasteiger partial charge in [-0.2, -0.15) is 0 Å². The minimum absolute atomic E-state index is 0.0436. The number of aromatic nitrogens is 2. The van der Waals surface area contributed by atoms with E-state index in [0.717, 1.165) is 19.5 Å². The lowest BCUT2D eigenvalue weighted by molar-refractivity contribution is -0.385. The zero-order valence-electron chi connectivity index (χ0n) is 16.9. The highest BCUT2D eigenvalue weighted by molar-refractivity contribution is 6.31. The van der Waals surface area contributed by atoms with Crippen molar-refractivity contribution in [1.82, 2.24) is 14.9 Å². The lowest BCUT2D eigenvalue weighted by Crippen LogP contribution is -2.20. The predicted octanol–water partition coefficient (Wildman–Crippen LogP) is 4.77. The molecule has 158 valence electrons. The Morgan fingerprint density at radius 2 is 2.16 bits per heavy atom. The second-order valence-corrected chi connectivity index (χ2v) is 8.30. The molecule has 7 nitrogen and oxygen atoms in total. The molecule has 1 aliphatic heterocycles. The number of rotatable bonds is 3. The maximum atomic E-state index is 14.3. The number of nitrogens with zero attached hydrogens (tertiary/aromatic N) is 4. The molecule has 2 aromatic carbocycles. The minimum Gasteiger partial charge on any atom is -0.337 e. The molecule has 2 heterocycles. The molecule has 0 amide bonds. The summed E-state index contributed by atoms with van der Waals surface area (Å²) < 4.78 is 14.3. The van der Waals surface area contributed by atoms with Gasteiger partial charge in [-0.1, -0.05) is 29.5 Å². The van der Waals surface area contributed by atoms with Gasteiger partial charge in [-0.05, 0) is 45.1 Å². The van der Waals surface area contributed by atoms with E-state index in [4.69, 9.17) is 11.6 Å². The number of likely N-dealkylation sites (tertiary alicyclic amines) is 1. The summed E-state index contributed by atoms with van der Waals surface area (Å²) in [7, 11) is 2.03. The second-order valence-electron chi connectivity index (χ2n) is 7.89. The van der Waals surface area contributed by atoms with Crippen LogP contribution in [0.3, 0.4) is 0 Å². The van der Waals surface area contributed by atoms with Crippen LogP contribution in [0.4, 0.5) is 21.6 Å². The maximum absolute atomic E-state index is 14.3. The van der Waals surface area contributed by atoms with Crippen LogP contribution in [0, 0.1) is 33.2 Å². The molecule has 31 heavy (non-hydrogen) atoms. The zero-order valence-corrected chi connectivity index (χ0v) is 17.7. The summed E-state index contributed by atoms with van der Waals surface area (Å²) in [6, 6.07) is 7.46. The van der Waals surface area contributed by atoms with Crippen LogP contribution in [0.2, 0.25) is 5.02 Å². The van der Waals surface area contributed by atoms with Crippen molar-refractivity contribution in [2.45, 2.75) is 13.3 Å². The molecule has 0 spiro atoms. The van der Waals surface area contributed by atoms with Crippen LogP contribution < -0.4 is 5.32 Å². The molecule has 1 atom stereocenters. The third kappa shape index (κ3) is 4.29. The van der Waals surface area contributed by atoms with Gasteiger partial charge < -0.3 is 10.2 Å². The van der Waals surface area contributed by atoms with Crippen LogP contribution in [0.25, 0.3) is 10.9 Å². The van der Waals surface area contributed by atoms with E-state index in [9.17, 15) is 14.5 Å². The summed E-state index contributed by atoms with van der Waals surface area (Å²) in [5.74, 6) is 5.81. The number of hydrogen-bond donors (Lipinski definition) is 1. The lowest BCUT2D eigenvalue weighted by Gasteiger charge is -2.15. The molecule has 0 aliphatic carbocycles. The van der Waals surface area contributed by atoms with Crippen LogP contribution in [0.1, 0.15) is 18.9 Å². The largest absolute Gasteiger partial charge is 0.337 e. The van der Waals surface area contributed by atoms with Gasteiger partial charge >= 0.3 is 0 Å². The van der Waals surface area contributed by atoms with Gasteiger partial charge in [-0.25, -0.2) is 14.4 Å². The number of nitro groups is 1. The maximum Gasteiger partial charge on any atom is 0.285 e. The fourth-order valence-electron chi connectivity index (χ4n) is 3.68. The van der Waals surface area contributed by atoms with Crippen molar-refractivity contribution in [3.05, 3.63) is 63.2 Å². The molecule has 0 radical (unpaired) electrons. The van der Waals surface area contributed by atoms with E-state index >= 15 is 0 Å². The Morgan fingerprint density at radius 3 is 2.87 bits per heavy atom. The Balaban J connectivity index is 1.78. The van der Waals surface area contributed by atoms with Gasteiger partial charge in [-0.15, -0.1) is 0 Å². The quantitative estimate of drug-likeness (QED) is 0.359. The fourth-order valence-corrected chi connectivity index (χ4v) is 3.86. The average Bonchev–Trinajstić information content (AvgIpc) is 3.08. The summed E-state index contributed by atoms with van der Waals surface area (Å²) in [6.45, 7) is 3.80. The third-order valence-electron chi connectivity index (χ3n) is 5.32. The molecule has 1 fully saturated rings. The molecule has 1 saturated heterocycles. The lowest BCUT2D eigenvalue weighted by atomic mass is 9.90.